The lowest BCUT2D eigenvalue weighted by Crippen LogP contribution is -2.62. The molecule has 1 heterocycles. The topological polar surface area (TPSA) is 55.9 Å². The van der Waals surface area contributed by atoms with E-state index in [0.717, 1.165) is 81.6 Å². The number of carbonyl (C=O) groups excluding carboxylic acids is 2. The number of carbonyl (C=O) groups is 2. The molecular formula is C28H39FN4O2. The van der Waals surface area contributed by atoms with Gasteiger partial charge in [-0.1, -0.05) is 12.1 Å². The van der Waals surface area contributed by atoms with Gasteiger partial charge in [0.15, 0.2) is 0 Å². The predicted molar refractivity (Wildman–Crippen MR) is 132 cm³/mol. The third kappa shape index (κ3) is 5.26. The largest absolute Gasteiger partial charge is 0.352 e. The van der Waals surface area contributed by atoms with Crippen LogP contribution < -0.4 is 5.32 Å². The SMILES string of the molecule is O=C(CN1CCN(CC(=O)N(Cc2ccc(F)cc2)C23CC4CC(CC(C4)C2)C3)CC1)NC1CC1. The molecule has 0 spiro atoms. The van der Waals surface area contributed by atoms with E-state index in [-0.39, 0.29) is 23.2 Å². The smallest absolute Gasteiger partial charge is 0.237 e. The van der Waals surface area contributed by atoms with Crippen LogP contribution in [0.1, 0.15) is 56.9 Å². The zero-order valence-corrected chi connectivity index (χ0v) is 20.8. The van der Waals surface area contributed by atoms with Crippen LogP contribution in [-0.2, 0) is 16.1 Å². The Morgan fingerprint density at radius 3 is 1.97 bits per heavy atom. The number of rotatable bonds is 8. The summed E-state index contributed by atoms with van der Waals surface area (Å²) in [5.74, 6) is 2.39. The molecule has 2 amide bonds. The van der Waals surface area contributed by atoms with Gasteiger partial charge in [-0.05, 0) is 86.8 Å². The van der Waals surface area contributed by atoms with Gasteiger partial charge in [-0.25, -0.2) is 4.39 Å². The average Bonchev–Trinajstić information content (AvgIpc) is 3.63. The number of hydrogen-bond donors (Lipinski definition) is 1. The Kier molecular flexibility index (Phi) is 6.33. The molecule has 1 aliphatic heterocycles. The van der Waals surface area contributed by atoms with Gasteiger partial charge in [0.25, 0.3) is 0 Å². The van der Waals surface area contributed by atoms with Crippen molar-refractivity contribution in [3.05, 3.63) is 35.6 Å². The molecule has 0 radical (unpaired) electrons. The van der Waals surface area contributed by atoms with Crippen LogP contribution in [0.4, 0.5) is 4.39 Å². The minimum absolute atomic E-state index is 0.0249. The van der Waals surface area contributed by atoms with Crippen LogP contribution in [0.15, 0.2) is 24.3 Å². The monoisotopic (exact) mass is 482 g/mol. The van der Waals surface area contributed by atoms with Crippen LogP contribution in [0.2, 0.25) is 0 Å². The Morgan fingerprint density at radius 1 is 0.886 bits per heavy atom. The molecular weight excluding hydrogens is 443 g/mol. The number of hydrogen-bond acceptors (Lipinski definition) is 4. The average molecular weight is 483 g/mol. The number of halogens is 1. The number of nitrogens with one attached hydrogen (secondary N) is 1. The molecule has 35 heavy (non-hydrogen) atoms. The lowest BCUT2D eigenvalue weighted by Gasteiger charge is -2.60. The van der Waals surface area contributed by atoms with Gasteiger partial charge in [0.2, 0.25) is 11.8 Å². The van der Waals surface area contributed by atoms with Crippen LogP contribution in [0.5, 0.6) is 0 Å². The van der Waals surface area contributed by atoms with E-state index in [1.807, 2.05) is 12.1 Å². The highest BCUT2D eigenvalue weighted by atomic mass is 19.1. The molecule has 7 heteroatoms. The minimum atomic E-state index is -0.231. The van der Waals surface area contributed by atoms with E-state index in [9.17, 15) is 14.0 Å². The molecule has 0 unspecified atom stereocenters. The van der Waals surface area contributed by atoms with Gasteiger partial charge in [0.05, 0.1) is 13.1 Å². The molecule has 1 aromatic rings. The molecule has 0 atom stereocenters. The highest BCUT2D eigenvalue weighted by Crippen LogP contribution is 2.58. The molecule has 5 saturated carbocycles. The Hall–Kier alpha value is -1.99. The van der Waals surface area contributed by atoms with Crippen LogP contribution >= 0.6 is 0 Å². The standard InChI is InChI=1S/C28H39FN4O2/c29-24-3-1-20(2-4-24)17-33(28-14-21-11-22(15-28)13-23(12-21)16-28)27(35)19-32-9-7-31(8-10-32)18-26(34)30-25-5-6-25/h1-4,21-23,25H,5-19H2,(H,30,34). The van der Waals surface area contributed by atoms with Crippen molar-refractivity contribution in [1.82, 2.24) is 20.0 Å². The van der Waals surface area contributed by atoms with Gasteiger partial charge < -0.3 is 10.2 Å². The number of benzene rings is 1. The van der Waals surface area contributed by atoms with E-state index in [4.69, 9.17) is 0 Å². The Bertz CT molecular complexity index is 903. The highest BCUT2D eigenvalue weighted by molar-refractivity contribution is 5.79. The normalized spacial score (nSPS) is 32.5. The lowest BCUT2D eigenvalue weighted by atomic mass is 9.52. The van der Waals surface area contributed by atoms with Crippen LogP contribution in [0.3, 0.4) is 0 Å². The summed E-state index contributed by atoms with van der Waals surface area (Å²) in [5, 5.41) is 3.07. The summed E-state index contributed by atoms with van der Waals surface area (Å²) in [5.41, 5.74) is 0.991. The summed E-state index contributed by atoms with van der Waals surface area (Å²) < 4.78 is 13.6. The summed E-state index contributed by atoms with van der Waals surface area (Å²) in [6.07, 6.45) is 9.65. The van der Waals surface area contributed by atoms with E-state index in [2.05, 4.69) is 20.0 Å². The number of nitrogens with zero attached hydrogens (tertiary/aromatic N) is 3. The zero-order chi connectivity index (χ0) is 24.0. The second-order valence-corrected chi connectivity index (χ2v) is 12.1. The van der Waals surface area contributed by atoms with E-state index < -0.39 is 0 Å². The van der Waals surface area contributed by atoms with Crippen molar-refractivity contribution in [2.75, 3.05) is 39.3 Å². The van der Waals surface area contributed by atoms with Crippen LogP contribution in [0, 0.1) is 23.6 Å². The maximum atomic E-state index is 13.9. The molecule has 6 fully saturated rings. The number of piperazine rings is 1. The van der Waals surface area contributed by atoms with E-state index in [0.29, 0.717) is 25.7 Å². The molecule has 190 valence electrons. The molecule has 5 aliphatic carbocycles. The second-order valence-electron chi connectivity index (χ2n) is 12.1. The van der Waals surface area contributed by atoms with Gasteiger partial charge in [-0.2, -0.15) is 0 Å². The molecule has 4 bridgehead atoms. The Labute approximate surface area is 208 Å². The van der Waals surface area contributed by atoms with Crippen molar-refractivity contribution in [3.8, 4) is 0 Å². The summed E-state index contributed by atoms with van der Waals surface area (Å²) >= 11 is 0. The van der Waals surface area contributed by atoms with Crippen molar-refractivity contribution >= 4 is 11.8 Å². The van der Waals surface area contributed by atoms with Gasteiger partial charge in [0, 0.05) is 44.3 Å². The highest BCUT2D eigenvalue weighted by Gasteiger charge is 2.54. The van der Waals surface area contributed by atoms with E-state index >= 15 is 0 Å². The first-order valence-corrected chi connectivity index (χ1v) is 13.7. The predicted octanol–water partition coefficient (Wildman–Crippen LogP) is 3.02. The molecule has 0 aromatic heterocycles. The molecule has 1 saturated heterocycles. The van der Waals surface area contributed by atoms with Gasteiger partial charge >= 0.3 is 0 Å². The molecule has 1 aromatic carbocycles. The van der Waals surface area contributed by atoms with Gasteiger partial charge in [0.1, 0.15) is 5.82 Å². The molecule has 6 aliphatic rings. The van der Waals surface area contributed by atoms with Crippen molar-refractivity contribution in [3.63, 3.8) is 0 Å². The minimum Gasteiger partial charge on any atom is -0.352 e. The molecule has 7 rings (SSSR count). The maximum absolute atomic E-state index is 13.9. The fraction of sp³-hybridized carbons (Fsp3) is 0.714. The third-order valence-electron chi connectivity index (χ3n) is 9.27. The van der Waals surface area contributed by atoms with E-state index in [1.165, 1.54) is 31.4 Å². The number of amides is 2. The Balaban J connectivity index is 1.11. The van der Waals surface area contributed by atoms with Gasteiger partial charge in [-0.3, -0.25) is 19.4 Å². The van der Waals surface area contributed by atoms with E-state index in [1.54, 1.807) is 0 Å². The summed E-state index contributed by atoms with van der Waals surface area (Å²) in [6.45, 7) is 4.74. The molecule has 1 N–H and O–H groups in total. The third-order valence-corrected chi connectivity index (χ3v) is 9.27. The fourth-order valence-electron chi connectivity index (χ4n) is 7.77. The van der Waals surface area contributed by atoms with Crippen molar-refractivity contribution < 1.29 is 14.0 Å². The first-order chi connectivity index (χ1) is 16.9. The second kappa shape index (κ2) is 9.47. The van der Waals surface area contributed by atoms with Crippen LogP contribution in [0.25, 0.3) is 0 Å². The molecule has 6 nitrogen and oxygen atoms in total. The van der Waals surface area contributed by atoms with Crippen molar-refractivity contribution in [2.24, 2.45) is 17.8 Å². The lowest BCUT2D eigenvalue weighted by molar-refractivity contribution is -0.154. The zero-order valence-electron chi connectivity index (χ0n) is 20.8. The van der Waals surface area contributed by atoms with Crippen molar-refractivity contribution in [1.29, 1.82) is 0 Å². The quantitative estimate of drug-likeness (QED) is 0.619. The first kappa shape index (κ1) is 23.4. The summed E-state index contributed by atoms with van der Waals surface area (Å²) in [6, 6.07) is 7.09. The maximum Gasteiger partial charge on any atom is 0.237 e. The van der Waals surface area contributed by atoms with Gasteiger partial charge in [-0.15, -0.1) is 0 Å². The van der Waals surface area contributed by atoms with Crippen molar-refractivity contribution in [2.45, 2.75) is 69.5 Å². The first-order valence-electron chi connectivity index (χ1n) is 13.7. The van der Waals surface area contributed by atoms with Crippen LogP contribution in [-0.4, -0.2) is 77.4 Å². The summed E-state index contributed by atoms with van der Waals surface area (Å²) in [4.78, 5) is 32.7. The fourth-order valence-corrected chi connectivity index (χ4v) is 7.77. The summed E-state index contributed by atoms with van der Waals surface area (Å²) in [7, 11) is 0. The Morgan fingerprint density at radius 2 is 1.43 bits per heavy atom.